The Bertz CT molecular complexity index is 468. The van der Waals surface area contributed by atoms with Crippen molar-refractivity contribution in [2.24, 2.45) is 0 Å². The van der Waals surface area contributed by atoms with Crippen molar-refractivity contribution in [3.05, 3.63) is 47.0 Å². The first-order valence-corrected chi connectivity index (χ1v) is 6.45. The van der Waals surface area contributed by atoms with Crippen LogP contribution in [0, 0.1) is 0 Å². The molecule has 0 bridgehead atoms. The first-order chi connectivity index (χ1) is 8.22. The second-order valence-corrected chi connectivity index (χ2v) is 4.64. The van der Waals surface area contributed by atoms with Gasteiger partial charge in [0.1, 0.15) is 0 Å². The van der Waals surface area contributed by atoms with Crippen molar-refractivity contribution >= 4 is 23.5 Å². The molecule has 0 N–H and O–H groups in total. The van der Waals surface area contributed by atoms with Crippen LogP contribution in [0.4, 0.5) is 0 Å². The molecule has 0 spiro atoms. The molecule has 1 fully saturated rings. The molecule has 1 aromatic rings. The van der Waals surface area contributed by atoms with Gasteiger partial charge in [0.25, 0.3) is 0 Å². The Morgan fingerprint density at radius 1 is 1.41 bits per heavy atom. The minimum Gasteiger partial charge on any atom is -0.306 e. The van der Waals surface area contributed by atoms with Gasteiger partial charge in [-0.3, -0.25) is 9.59 Å². The average Bonchev–Trinajstić information content (AvgIpc) is 2.71. The molecule has 0 atom stereocenters. The number of carbonyl (C=O) groups excluding carboxylic acids is 2. The molecule has 17 heavy (non-hydrogen) atoms. The van der Waals surface area contributed by atoms with Gasteiger partial charge in [-0.2, -0.15) is 0 Å². The Morgan fingerprint density at radius 2 is 2.12 bits per heavy atom. The van der Waals surface area contributed by atoms with Crippen molar-refractivity contribution in [3.63, 3.8) is 0 Å². The second-order valence-electron chi connectivity index (χ2n) is 3.64. The number of nitrogens with zero attached hydrogens (tertiary/aromatic N) is 1. The summed E-state index contributed by atoms with van der Waals surface area (Å²) in [5.74, 6) is 0.452. The molecule has 1 aliphatic rings. The fraction of sp³-hybridized carbons (Fsp3) is 0.231. The summed E-state index contributed by atoms with van der Waals surface area (Å²) in [6.45, 7) is 2.52. The molecule has 1 aromatic carbocycles. The van der Waals surface area contributed by atoms with Gasteiger partial charge in [-0.15, -0.1) is 0 Å². The van der Waals surface area contributed by atoms with Crippen LogP contribution in [0.3, 0.4) is 0 Å². The third-order valence-corrected chi connectivity index (χ3v) is 3.57. The van der Waals surface area contributed by atoms with E-state index in [0.717, 1.165) is 5.03 Å². The topological polar surface area (TPSA) is 37.4 Å². The van der Waals surface area contributed by atoms with Gasteiger partial charge in [0, 0.05) is 18.2 Å². The van der Waals surface area contributed by atoms with Gasteiger partial charge >= 0.3 is 0 Å². The molecule has 0 saturated carbocycles. The van der Waals surface area contributed by atoms with Crippen molar-refractivity contribution < 1.29 is 9.59 Å². The number of ketones is 1. The fourth-order valence-corrected chi connectivity index (χ4v) is 2.67. The summed E-state index contributed by atoms with van der Waals surface area (Å²) < 4.78 is 0. The first kappa shape index (κ1) is 11.9. The molecule has 0 unspecified atom stereocenters. The Hall–Kier alpha value is -1.55. The van der Waals surface area contributed by atoms with Crippen molar-refractivity contribution in [2.45, 2.75) is 6.92 Å². The van der Waals surface area contributed by atoms with Crippen molar-refractivity contribution in [1.29, 1.82) is 0 Å². The van der Waals surface area contributed by atoms with Gasteiger partial charge < -0.3 is 4.90 Å². The molecular weight excluding hydrogens is 234 g/mol. The zero-order valence-corrected chi connectivity index (χ0v) is 10.4. The van der Waals surface area contributed by atoms with Crippen LogP contribution >= 0.6 is 11.8 Å². The van der Waals surface area contributed by atoms with E-state index in [2.05, 4.69) is 0 Å². The highest BCUT2D eigenvalue weighted by Gasteiger charge is 2.25. The second kappa shape index (κ2) is 5.19. The van der Waals surface area contributed by atoms with E-state index in [1.807, 2.05) is 25.1 Å². The van der Waals surface area contributed by atoms with Gasteiger partial charge in [-0.25, -0.2) is 0 Å². The van der Waals surface area contributed by atoms with Crippen LogP contribution in [0.2, 0.25) is 0 Å². The van der Waals surface area contributed by atoms with E-state index < -0.39 is 0 Å². The smallest absolute Gasteiger partial charge is 0.237 e. The third-order valence-electron chi connectivity index (χ3n) is 2.54. The summed E-state index contributed by atoms with van der Waals surface area (Å²) in [6, 6.07) is 9.08. The van der Waals surface area contributed by atoms with Gasteiger partial charge in [0.2, 0.25) is 5.91 Å². The molecule has 0 aliphatic carbocycles. The molecule has 1 heterocycles. The van der Waals surface area contributed by atoms with E-state index in [9.17, 15) is 9.59 Å². The Labute approximate surface area is 104 Å². The van der Waals surface area contributed by atoms with Crippen LogP contribution in [0.1, 0.15) is 17.3 Å². The fourth-order valence-electron chi connectivity index (χ4n) is 1.66. The van der Waals surface area contributed by atoms with Crippen LogP contribution in [-0.4, -0.2) is 28.9 Å². The number of hydrogen-bond donors (Lipinski definition) is 0. The zero-order valence-electron chi connectivity index (χ0n) is 9.55. The standard InChI is InChI=1S/C13H13NO2S/c1-2-14-12(16)9-17-13(14)8-11(15)10-6-4-3-5-7-10/h3-8H,2,9H2,1H3/b13-8+. The summed E-state index contributed by atoms with van der Waals surface area (Å²) in [4.78, 5) is 25.1. The zero-order chi connectivity index (χ0) is 12.3. The van der Waals surface area contributed by atoms with Gasteiger partial charge in [0.15, 0.2) is 5.78 Å². The molecule has 88 valence electrons. The minimum atomic E-state index is -0.0544. The number of benzene rings is 1. The van der Waals surface area contributed by atoms with Crippen LogP contribution < -0.4 is 0 Å². The van der Waals surface area contributed by atoms with E-state index in [4.69, 9.17) is 0 Å². The van der Waals surface area contributed by atoms with Crippen LogP contribution in [0.15, 0.2) is 41.4 Å². The summed E-state index contributed by atoms with van der Waals surface area (Å²) >= 11 is 1.42. The van der Waals surface area contributed by atoms with Gasteiger partial charge in [-0.1, -0.05) is 42.1 Å². The normalized spacial score (nSPS) is 17.8. The van der Waals surface area contributed by atoms with Crippen LogP contribution in [0.25, 0.3) is 0 Å². The monoisotopic (exact) mass is 247 g/mol. The summed E-state index contributed by atoms with van der Waals surface area (Å²) in [6.07, 6.45) is 1.55. The molecule has 0 radical (unpaired) electrons. The van der Waals surface area contributed by atoms with Crippen molar-refractivity contribution in [1.82, 2.24) is 4.90 Å². The summed E-state index contributed by atoms with van der Waals surface area (Å²) in [7, 11) is 0. The largest absolute Gasteiger partial charge is 0.306 e. The molecule has 1 saturated heterocycles. The Morgan fingerprint density at radius 3 is 2.76 bits per heavy atom. The number of allylic oxidation sites excluding steroid dienone is 1. The molecule has 0 aromatic heterocycles. The molecule has 3 nitrogen and oxygen atoms in total. The summed E-state index contributed by atoms with van der Waals surface area (Å²) in [5.41, 5.74) is 0.649. The lowest BCUT2D eigenvalue weighted by Crippen LogP contribution is -2.24. The van der Waals surface area contributed by atoms with Crippen molar-refractivity contribution in [2.75, 3.05) is 12.3 Å². The van der Waals surface area contributed by atoms with E-state index in [-0.39, 0.29) is 11.7 Å². The number of rotatable bonds is 3. The van der Waals surface area contributed by atoms with E-state index in [0.29, 0.717) is 17.9 Å². The highest BCUT2D eigenvalue weighted by Crippen LogP contribution is 2.28. The molecule has 2 rings (SSSR count). The lowest BCUT2D eigenvalue weighted by atomic mass is 10.1. The Kier molecular flexibility index (Phi) is 3.64. The highest BCUT2D eigenvalue weighted by atomic mass is 32.2. The molecule has 1 amide bonds. The van der Waals surface area contributed by atoms with Gasteiger partial charge in [0.05, 0.1) is 10.8 Å². The number of carbonyl (C=O) groups is 2. The van der Waals surface area contributed by atoms with Crippen LogP contribution in [0.5, 0.6) is 0 Å². The Balaban J connectivity index is 2.20. The maximum absolute atomic E-state index is 11.9. The SMILES string of the molecule is CCN1C(=O)CS/C1=C/C(=O)c1ccccc1. The van der Waals surface area contributed by atoms with Crippen molar-refractivity contribution in [3.8, 4) is 0 Å². The lowest BCUT2D eigenvalue weighted by molar-refractivity contribution is -0.125. The summed E-state index contributed by atoms with van der Waals surface area (Å²) in [5, 5.41) is 0.756. The predicted octanol–water partition coefficient (Wildman–Crippen LogP) is 2.31. The maximum atomic E-state index is 11.9. The van der Waals surface area contributed by atoms with E-state index in [1.54, 1.807) is 23.1 Å². The van der Waals surface area contributed by atoms with E-state index >= 15 is 0 Å². The average molecular weight is 247 g/mol. The highest BCUT2D eigenvalue weighted by molar-refractivity contribution is 8.04. The van der Waals surface area contributed by atoms with E-state index in [1.165, 1.54) is 11.8 Å². The first-order valence-electron chi connectivity index (χ1n) is 5.46. The maximum Gasteiger partial charge on any atom is 0.237 e. The molecule has 1 aliphatic heterocycles. The van der Waals surface area contributed by atoms with Crippen LogP contribution in [-0.2, 0) is 4.79 Å². The lowest BCUT2D eigenvalue weighted by Gasteiger charge is -2.13. The quantitative estimate of drug-likeness (QED) is 0.607. The van der Waals surface area contributed by atoms with Gasteiger partial charge in [-0.05, 0) is 6.92 Å². The number of hydrogen-bond acceptors (Lipinski definition) is 3. The number of amides is 1. The minimum absolute atomic E-state index is 0.0544. The third kappa shape index (κ3) is 2.58. The molecule has 4 heteroatoms. The molecular formula is C13H13NO2S. The predicted molar refractivity (Wildman–Crippen MR) is 68.7 cm³/mol. The number of thioether (sulfide) groups is 1.